The van der Waals surface area contributed by atoms with Gasteiger partial charge in [-0.3, -0.25) is 4.79 Å². The summed E-state index contributed by atoms with van der Waals surface area (Å²) in [6.07, 6.45) is 4.81. The van der Waals surface area contributed by atoms with Gasteiger partial charge in [-0.2, -0.15) is 0 Å². The van der Waals surface area contributed by atoms with Crippen LogP contribution in [0, 0.1) is 18.3 Å². The number of aliphatic hydroxyl groups excluding tert-OH is 1. The van der Waals surface area contributed by atoms with Gasteiger partial charge in [-0.1, -0.05) is 6.58 Å². The number of methoxy groups -OCH3 is 1. The van der Waals surface area contributed by atoms with Crippen molar-refractivity contribution >= 4 is 11.6 Å². The van der Waals surface area contributed by atoms with Gasteiger partial charge in [-0.15, -0.1) is 18.1 Å². The van der Waals surface area contributed by atoms with Gasteiger partial charge in [0, 0.05) is 12.1 Å². The van der Waals surface area contributed by atoms with Crippen LogP contribution >= 0.6 is 0 Å². The van der Waals surface area contributed by atoms with E-state index in [1.54, 1.807) is 43.2 Å². The molecule has 1 amide bonds. The zero-order valence-corrected chi connectivity index (χ0v) is 12.7. The van der Waals surface area contributed by atoms with Crippen LogP contribution in [0.3, 0.4) is 0 Å². The van der Waals surface area contributed by atoms with E-state index in [2.05, 4.69) is 18.2 Å². The predicted molar refractivity (Wildman–Crippen MR) is 85.5 cm³/mol. The van der Waals surface area contributed by atoms with Crippen molar-refractivity contribution in [2.75, 3.05) is 12.0 Å². The number of aliphatic hydroxyl groups is 1. The fraction of sp³-hybridized carbons (Fsp3) is 0.333. The van der Waals surface area contributed by atoms with Gasteiger partial charge in [-0.05, 0) is 36.8 Å². The summed E-state index contributed by atoms with van der Waals surface area (Å²) >= 11 is 0. The zero-order chi connectivity index (χ0) is 16.3. The standard InChI is InChI=1S/C18H19NO3/c1-5-7-15-16(17(20)12(3)6-2)19(18(15)21)13-8-10-14(22-4)11-9-13/h1,8-11,15-17,20H,2,7H2,3-4H3/t15-,16-,17-/m1/s1. The lowest BCUT2D eigenvalue weighted by molar-refractivity contribution is -0.132. The predicted octanol–water partition coefficient (Wildman–Crippen LogP) is 2.14. The summed E-state index contributed by atoms with van der Waals surface area (Å²) in [5.74, 6) is 2.75. The zero-order valence-electron chi connectivity index (χ0n) is 12.7. The van der Waals surface area contributed by atoms with E-state index in [9.17, 15) is 9.90 Å². The summed E-state index contributed by atoms with van der Waals surface area (Å²) in [6, 6.07) is 6.73. The van der Waals surface area contributed by atoms with Crippen molar-refractivity contribution in [2.45, 2.75) is 25.5 Å². The lowest BCUT2D eigenvalue weighted by Gasteiger charge is -2.48. The minimum atomic E-state index is -0.837. The number of hydrogen-bond acceptors (Lipinski definition) is 3. The van der Waals surface area contributed by atoms with Crippen LogP contribution in [-0.2, 0) is 4.79 Å². The van der Waals surface area contributed by atoms with Gasteiger partial charge in [0.25, 0.3) is 0 Å². The van der Waals surface area contributed by atoms with Gasteiger partial charge in [0.2, 0.25) is 5.91 Å². The molecule has 114 valence electrons. The number of β-lactam (4-membered cyclic amide) rings is 1. The Morgan fingerprint density at radius 1 is 1.50 bits per heavy atom. The van der Waals surface area contributed by atoms with Gasteiger partial charge < -0.3 is 14.7 Å². The topological polar surface area (TPSA) is 49.8 Å². The summed E-state index contributed by atoms with van der Waals surface area (Å²) in [6.45, 7) is 5.29. The molecule has 1 aliphatic heterocycles. The molecule has 0 aliphatic carbocycles. The molecule has 1 N–H and O–H groups in total. The Morgan fingerprint density at radius 3 is 2.64 bits per heavy atom. The highest BCUT2D eigenvalue weighted by atomic mass is 16.5. The summed E-state index contributed by atoms with van der Waals surface area (Å²) in [5.41, 5.74) is 3.99. The average Bonchev–Trinajstić information content (AvgIpc) is 2.56. The molecule has 1 saturated heterocycles. The van der Waals surface area contributed by atoms with E-state index in [1.165, 1.54) is 0 Å². The van der Waals surface area contributed by atoms with Gasteiger partial charge in [0.15, 0.2) is 0 Å². The quantitative estimate of drug-likeness (QED) is 0.515. The molecule has 1 aromatic rings. The number of benzene rings is 1. The molecule has 0 bridgehead atoms. The van der Waals surface area contributed by atoms with Gasteiger partial charge in [-0.25, -0.2) is 0 Å². The van der Waals surface area contributed by atoms with Crippen LogP contribution in [0.5, 0.6) is 5.75 Å². The van der Waals surface area contributed by atoms with Crippen LogP contribution in [0.15, 0.2) is 42.1 Å². The van der Waals surface area contributed by atoms with E-state index in [0.717, 1.165) is 0 Å². The SMILES string of the molecule is C#CC[C@H]1C(=O)N(c2ccc(OC)cc2)[C@H]1[C@H](O)C(C)=C=C. The van der Waals surface area contributed by atoms with Crippen molar-refractivity contribution in [2.24, 2.45) is 5.92 Å². The Morgan fingerprint density at radius 2 is 2.14 bits per heavy atom. The Labute approximate surface area is 130 Å². The van der Waals surface area contributed by atoms with Crippen LogP contribution in [0.1, 0.15) is 13.3 Å². The van der Waals surface area contributed by atoms with Crippen molar-refractivity contribution in [3.8, 4) is 18.1 Å². The highest BCUT2D eigenvalue weighted by Gasteiger charge is 2.51. The third-order valence-electron chi connectivity index (χ3n) is 4.00. The third kappa shape index (κ3) is 2.65. The first-order chi connectivity index (χ1) is 10.5. The second kappa shape index (κ2) is 6.53. The number of ether oxygens (including phenoxy) is 1. The first-order valence-corrected chi connectivity index (χ1v) is 7.00. The molecular formula is C18H19NO3. The lowest BCUT2D eigenvalue weighted by Crippen LogP contribution is -2.66. The molecule has 0 radical (unpaired) electrons. The van der Waals surface area contributed by atoms with E-state index in [1.807, 2.05) is 0 Å². The normalized spacial score (nSPS) is 21.4. The molecule has 0 spiro atoms. The fourth-order valence-corrected chi connectivity index (χ4v) is 2.67. The van der Waals surface area contributed by atoms with E-state index < -0.39 is 12.1 Å². The smallest absolute Gasteiger partial charge is 0.233 e. The molecule has 1 fully saturated rings. The van der Waals surface area contributed by atoms with Crippen LogP contribution < -0.4 is 9.64 Å². The third-order valence-corrected chi connectivity index (χ3v) is 4.00. The maximum absolute atomic E-state index is 12.4. The van der Waals surface area contributed by atoms with Crippen molar-refractivity contribution in [3.63, 3.8) is 0 Å². The molecule has 2 rings (SSSR count). The van der Waals surface area contributed by atoms with Gasteiger partial charge in [0.05, 0.1) is 19.1 Å². The van der Waals surface area contributed by atoms with Crippen LogP contribution in [0.4, 0.5) is 5.69 Å². The fourth-order valence-electron chi connectivity index (χ4n) is 2.67. The molecule has 1 heterocycles. The first-order valence-electron chi connectivity index (χ1n) is 7.00. The van der Waals surface area contributed by atoms with Crippen molar-refractivity contribution in [1.29, 1.82) is 0 Å². The molecule has 0 unspecified atom stereocenters. The Balaban J connectivity index is 2.33. The number of rotatable bonds is 5. The summed E-state index contributed by atoms with van der Waals surface area (Å²) in [7, 11) is 1.58. The number of carbonyl (C=O) groups is 1. The second-order valence-electron chi connectivity index (χ2n) is 5.22. The van der Waals surface area contributed by atoms with E-state index in [4.69, 9.17) is 11.2 Å². The molecule has 4 heteroatoms. The average molecular weight is 297 g/mol. The van der Waals surface area contributed by atoms with Gasteiger partial charge >= 0.3 is 0 Å². The molecule has 4 nitrogen and oxygen atoms in total. The molecule has 22 heavy (non-hydrogen) atoms. The van der Waals surface area contributed by atoms with Gasteiger partial charge in [0.1, 0.15) is 11.9 Å². The van der Waals surface area contributed by atoms with Crippen molar-refractivity contribution < 1.29 is 14.6 Å². The molecular weight excluding hydrogens is 278 g/mol. The molecule has 0 aromatic heterocycles. The minimum Gasteiger partial charge on any atom is -0.497 e. The second-order valence-corrected chi connectivity index (χ2v) is 5.22. The number of anilines is 1. The van der Waals surface area contributed by atoms with E-state index >= 15 is 0 Å². The highest BCUT2D eigenvalue weighted by molar-refractivity contribution is 6.03. The number of nitrogens with zero attached hydrogens (tertiary/aromatic N) is 1. The molecule has 1 aromatic carbocycles. The number of amides is 1. The largest absolute Gasteiger partial charge is 0.497 e. The molecule has 1 aliphatic rings. The number of hydrogen-bond donors (Lipinski definition) is 1. The van der Waals surface area contributed by atoms with Crippen molar-refractivity contribution in [1.82, 2.24) is 0 Å². The maximum atomic E-state index is 12.4. The van der Waals surface area contributed by atoms with Crippen LogP contribution in [0.2, 0.25) is 0 Å². The van der Waals surface area contributed by atoms with Crippen LogP contribution in [-0.4, -0.2) is 30.3 Å². The Hall–Kier alpha value is -2.47. The summed E-state index contributed by atoms with van der Waals surface area (Å²) < 4.78 is 5.12. The van der Waals surface area contributed by atoms with Crippen molar-refractivity contribution in [3.05, 3.63) is 42.1 Å². The van der Waals surface area contributed by atoms with Crippen LogP contribution in [0.25, 0.3) is 0 Å². The summed E-state index contributed by atoms with van der Waals surface area (Å²) in [5, 5.41) is 10.5. The lowest BCUT2D eigenvalue weighted by atomic mass is 9.79. The van der Waals surface area contributed by atoms with E-state index in [-0.39, 0.29) is 11.8 Å². The first kappa shape index (κ1) is 15.9. The Kier molecular flexibility index (Phi) is 4.72. The summed E-state index contributed by atoms with van der Waals surface area (Å²) in [4.78, 5) is 14.0. The van der Waals surface area contributed by atoms with E-state index in [0.29, 0.717) is 23.4 Å². The minimum absolute atomic E-state index is 0.0796. The molecule has 3 atom stereocenters. The monoisotopic (exact) mass is 297 g/mol. The Bertz CT molecular complexity index is 650. The maximum Gasteiger partial charge on any atom is 0.233 e. The molecule has 0 saturated carbocycles. The number of terminal acetylenes is 1. The highest BCUT2D eigenvalue weighted by Crippen LogP contribution is 2.38. The number of carbonyl (C=O) groups excluding carboxylic acids is 1.